The van der Waals surface area contributed by atoms with E-state index >= 15 is 0 Å². The fourth-order valence-electron chi connectivity index (χ4n) is 3.19. The van der Waals surface area contributed by atoms with Crippen molar-refractivity contribution in [2.45, 2.75) is 52.3 Å². The summed E-state index contributed by atoms with van der Waals surface area (Å²) in [7, 11) is 0. The van der Waals surface area contributed by atoms with Crippen LogP contribution in [-0.2, 0) is 4.74 Å². The van der Waals surface area contributed by atoms with Crippen LogP contribution in [0.25, 0.3) is 0 Å². The molecule has 1 N–H and O–H groups in total. The van der Waals surface area contributed by atoms with Gasteiger partial charge in [-0.05, 0) is 32.1 Å². The van der Waals surface area contributed by atoms with E-state index in [0.717, 1.165) is 25.0 Å². The molecule has 2 aliphatic heterocycles. The van der Waals surface area contributed by atoms with Crippen LogP contribution in [0.1, 0.15) is 34.1 Å². The summed E-state index contributed by atoms with van der Waals surface area (Å²) < 4.78 is 5.69. The van der Waals surface area contributed by atoms with Crippen LogP contribution in [0.15, 0.2) is 0 Å². The third-order valence-electron chi connectivity index (χ3n) is 4.42. The van der Waals surface area contributed by atoms with E-state index < -0.39 is 0 Å². The molecule has 0 aromatic heterocycles. The third kappa shape index (κ3) is 3.21. The molecule has 2 fully saturated rings. The highest BCUT2D eigenvalue weighted by Gasteiger charge is 2.33. The van der Waals surface area contributed by atoms with E-state index in [4.69, 9.17) is 4.74 Å². The van der Waals surface area contributed by atoms with Gasteiger partial charge in [-0.25, -0.2) is 0 Å². The van der Waals surface area contributed by atoms with Crippen molar-refractivity contribution in [2.75, 3.05) is 26.2 Å². The first-order valence-corrected chi connectivity index (χ1v) is 7.17. The van der Waals surface area contributed by atoms with E-state index in [1.807, 2.05) is 0 Å². The molecule has 0 saturated carbocycles. The highest BCUT2D eigenvalue weighted by molar-refractivity contribution is 4.88. The molecule has 0 bridgehead atoms. The molecule has 4 unspecified atom stereocenters. The zero-order valence-corrected chi connectivity index (χ0v) is 11.8. The minimum atomic E-state index is 0.452. The maximum Gasteiger partial charge on any atom is 0.0588 e. The number of nitrogens with zero attached hydrogens (tertiary/aromatic N) is 1. The lowest BCUT2D eigenvalue weighted by atomic mass is 9.95. The number of hydrogen-bond donors (Lipinski definition) is 1. The molecular weight excluding hydrogens is 212 g/mol. The van der Waals surface area contributed by atoms with Gasteiger partial charge >= 0.3 is 0 Å². The van der Waals surface area contributed by atoms with Crippen molar-refractivity contribution in [3.8, 4) is 0 Å². The van der Waals surface area contributed by atoms with E-state index in [1.54, 1.807) is 0 Å². The van der Waals surface area contributed by atoms with Crippen molar-refractivity contribution in [3.63, 3.8) is 0 Å². The predicted octanol–water partition coefficient (Wildman–Crippen LogP) is 1.73. The van der Waals surface area contributed by atoms with E-state index in [1.165, 1.54) is 19.5 Å². The van der Waals surface area contributed by atoms with Gasteiger partial charge in [0.25, 0.3) is 0 Å². The molecule has 0 aromatic rings. The van der Waals surface area contributed by atoms with Gasteiger partial charge in [0.15, 0.2) is 0 Å². The third-order valence-corrected chi connectivity index (χ3v) is 4.42. The van der Waals surface area contributed by atoms with Gasteiger partial charge in [-0.1, -0.05) is 13.8 Å². The largest absolute Gasteiger partial charge is 0.378 e. The second-order valence-corrected chi connectivity index (χ2v) is 6.20. The van der Waals surface area contributed by atoms with E-state index in [2.05, 4.69) is 37.9 Å². The quantitative estimate of drug-likeness (QED) is 0.813. The molecule has 2 saturated heterocycles. The second-order valence-electron chi connectivity index (χ2n) is 6.20. The standard InChI is InChI=1S/C14H28N2O/c1-10(2)14-7-15-11(3)8-16(14)9-13-5-6-17-12(13)4/h10-15H,5-9H2,1-4H3. The van der Waals surface area contributed by atoms with Gasteiger partial charge in [-0.3, -0.25) is 4.90 Å². The Bertz CT molecular complexity index is 244. The molecule has 0 spiro atoms. The lowest BCUT2D eigenvalue weighted by Crippen LogP contribution is -2.58. The van der Waals surface area contributed by atoms with Gasteiger partial charge in [-0.15, -0.1) is 0 Å². The Balaban J connectivity index is 1.94. The number of ether oxygens (including phenoxy) is 1. The van der Waals surface area contributed by atoms with Gasteiger partial charge < -0.3 is 10.1 Å². The molecule has 0 radical (unpaired) electrons. The van der Waals surface area contributed by atoms with Crippen LogP contribution in [0.3, 0.4) is 0 Å². The average Bonchev–Trinajstić information content (AvgIpc) is 2.64. The lowest BCUT2D eigenvalue weighted by Gasteiger charge is -2.43. The SMILES string of the molecule is CC1CN(CC2CCOC2C)C(C(C)C)CN1. The van der Waals surface area contributed by atoms with Crippen LogP contribution >= 0.6 is 0 Å². The number of piperazine rings is 1. The van der Waals surface area contributed by atoms with Crippen LogP contribution in [0.4, 0.5) is 0 Å². The first-order chi connectivity index (χ1) is 8.08. The van der Waals surface area contributed by atoms with Gasteiger partial charge in [-0.2, -0.15) is 0 Å². The molecule has 0 aliphatic carbocycles. The zero-order valence-electron chi connectivity index (χ0n) is 11.8. The minimum absolute atomic E-state index is 0.452. The molecule has 2 aliphatic rings. The topological polar surface area (TPSA) is 24.5 Å². The predicted molar refractivity (Wildman–Crippen MR) is 71.2 cm³/mol. The van der Waals surface area contributed by atoms with Crippen molar-refractivity contribution in [1.29, 1.82) is 0 Å². The lowest BCUT2D eigenvalue weighted by molar-refractivity contribution is 0.0558. The summed E-state index contributed by atoms with van der Waals surface area (Å²) in [6.45, 7) is 13.7. The molecule has 17 heavy (non-hydrogen) atoms. The van der Waals surface area contributed by atoms with Crippen molar-refractivity contribution in [2.24, 2.45) is 11.8 Å². The number of hydrogen-bond acceptors (Lipinski definition) is 3. The first-order valence-electron chi connectivity index (χ1n) is 7.17. The fraction of sp³-hybridized carbons (Fsp3) is 1.00. The van der Waals surface area contributed by atoms with E-state index in [-0.39, 0.29) is 0 Å². The van der Waals surface area contributed by atoms with Crippen LogP contribution < -0.4 is 5.32 Å². The summed E-state index contributed by atoms with van der Waals surface area (Å²) in [4.78, 5) is 2.70. The molecule has 0 amide bonds. The fourth-order valence-corrected chi connectivity index (χ4v) is 3.19. The Hall–Kier alpha value is -0.120. The summed E-state index contributed by atoms with van der Waals surface area (Å²) in [5.74, 6) is 1.47. The van der Waals surface area contributed by atoms with Crippen LogP contribution in [0.5, 0.6) is 0 Å². The number of rotatable bonds is 3. The summed E-state index contributed by atoms with van der Waals surface area (Å²) >= 11 is 0. The molecule has 3 heteroatoms. The zero-order chi connectivity index (χ0) is 12.4. The van der Waals surface area contributed by atoms with Crippen LogP contribution in [0, 0.1) is 11.8 Å². The maximum absolute atomic E-state index is 5.69. The molecule has 4 atom stereocenters. The van der Waals surface area contributed by atoms with E-state index in [0.29, 0.717) is 18.2 Å². The second kappa shape index (κ2) is 5.68. The highest BCUT2D eigenvalue weighted by atomic mass is 16.5. The minimum Gasteiger partial charge on any atom is -0.378 e. The summed E-state index contributed by atoms with van der Waals surface area (Å²) in [5, 5.41) is 3.61. The normalized spacial score (nSPS) is 40.1. The Labute approximate surface area is 106 Å². The van der Waals surface area contributed by atoms with E-state index in [9.17, 15) is 0 Å². The van der Waals surface area contributed by atoms with Crippen molar-refractivity contribution < 1.29 is 4.74 Å². The van der Waals surface area contributed by atoms with Gasteiger partial charge in [0, 0.05) is 38.3 Å². The van der Waals surface area contributed by atoms with Crippen LogP contribution in [-0.4, -0.2) is 49.3 Å². The Kier molecular flexibility index (Phi) is 4.45. The molecule has 3 nitrogen and oxygen atoms in total. The Morgan fingerprint density at radius 3 is 2.71 bits per heavy atom. The molecular formula is C14H28N2O. The molecule has 0 aromatic carbocycles. The van der Waals surface area contributed by atoms with Gasteiger partial charge in [0.1, 0.15) is 0 Å². The smallest absolute Gasteiger partial charge is 0.0588 e. The maximum atomic E-state index is 5.69. The monoisotopic (exact) mass is 240 g/mol. The Morgan fingerprint density at radius 1 is 1.35 bits per heavy atom. The summed E-state index contributed by atoms with van der Waals surface area (Å²) in [6, 6.07) is 1.32. The van der Waals surface area contributed by atoms with Gasteiger partial charge in [0.2, 0.25) is 0 Å². The molecule has 2 heterocycles. The average molecular weight is 240 g/mol. The van der Waals surface area contributed by atoms with Gasteiger partial charge in [0.05, 0.1) is 6.10 Å². The number of nitrogens with one attached hydrogen (secondary N) is 1. The van der Waals surface area contributed by atoms with Crippen molar-refractivity contribution >= 4 is 0 Å². The first kappa shape index (κ1) is 13.3. The summed E-state index contributed by atoms with van der Waals surface area (Å²) in [5.41, 5.74) is 0. The molecule has 2 rings (SSSR count). The highest BCUT2D eigenvalue weighted by Crippen LogP contribution is 2.24. The molecule has 100 valence electrons. The van der Waals surface area contributed by atoms with Crippen LogP contribution in [0.2, 0.25) is 0 Å². The van der Waals surface area contributed by atoms with Crippen molar-refractivity contribution in [1.82, 2.24) is 10.2 Å². The summed E-state index contributed by atoms with van der Waals surface area (Å²) in [6.07, 6.45) is 1.69. The van der Waals surface area contributed by atoms with Crippen molar-refractivity contribution in [3.05, 3.63) is 0 Å². The Morgan fingerprint density at radius 2 is 2.12 bits per heavy atom.